The first-order valence-electron chi connectivity index (χ1n) is 10.00. The Labute approximate surface area is 179 Å². The number of anilines is 1. The zero-order valence-corrected chi connectivity index (χ0v) is 17.9. The Bertz CT molecular complexity index is 1150. The van der Waals surface area contributed by atoms with Gasteiger partial charge in [-0.2, -0.15) is 0 Å². The number of aryl methyl sites for hydroxylation is 1. The van der Waals surface area contributed by atoms with Gasteiger partial charge in [-0.15, -0.1) is 0 Å². The van der Waals surface area contributed by atoms with E-state index in [0.717, 1.165) is 5.52 Å². The van der Waals surface area contributed by atoms with E-state index in [1.54, 1.807) is 37.4 Å². The Balaban J connectivity index is 1.47. The number of urea groups is 1. The van der Waals surface area contributed by atoms with Crippen LogP contribution in [0.25, 0.3) is 11.0 Å². The molecule has 0 aliphatic carbocycles. The van der Waals surface area contributed by atoms with E-state index in [2.05, 4.69) is 15.6 Å². The van der Waals surface area contributed by atoms with Gasteiger partial charge in [0.25, 0.3) is 5.91 Å². The van der Waals surface area contributed by atoms with E-state index in [1.807, 2.05) is 31.5 Å². The summed E-state index contributed by atoms with van der Waals surface area (Å²) in [5, 5.41) is 5.73. The molecule has 2 aromatic carbocycles. The van der Waals surface area contributed by atoms with E-state index in [1.165, 1.54) is 4.90 Å². The van der Waals surface area contributed by atoms with Crippen molar-refractivity contribution in [2.75, 3.05) is 19.2 Å². The number of rotatable bonds is 5. The highest BCUT2D eigenvalue weighted by Crippen LogP contribution is 2.34. The summed E-state index contributed by atoms with van der Waals surface area (Å²) in [6.07, 6.45) is 0. The van der Waals surface area contributed by atoms with Gasteiger partial charge in [0.15, 0.2) is 11.5 Å². The molecule has 2 N–H and O–H groups in total. The van der Waals surface area contributed by atoms with Crippen molar-refractivity contribution < 1.29 is 19.1 Å². The van der Waals surface area contributed by atoms with Gasteiger partial charge >= 0.3 is 6.03 Å². The van der Waals surface area contributed by atoms with Gasteiger partial charge in [-0.3, -0.25) is 4.79 Å². The molecule has 3 amide bonds. The smallest absolute Gasteiger partial charge is 0.321 e. The van der Waals surface area contributed by atoms with E-state index in [9.17, 15) is 9.59 Å². The average molecular weight is 423 g/mol. The van der Waals surface area contributed by atoms with Crippen LogP contribution in [0.15, 0.2) is 36.4 Å². The molecule has 9 nitrogen and oxygen atoms in total. The molecule has 2 heterocycles. The summed E-state index contributed by atoms with van der Waals surface area (Å²) >= 11 is 0. The van der Waals surface area contributed by atoms with Crippen molar-refractivity contribution in [2.45, 2.75) is 26.4 Å². The number of imidazole rings is 1. The first-order valence-corrected chi connectivity index (χ1v) is 10.00. The molecule has 162 valence electrons. The summed E-state index contributed by atoms with van der Waals surface area (Å²) < 4.78 is 12.6. The molecule has 0 spiro atoms. The number of carbonyl (C=O) groups excluding carboxylic acids is 2. The summed E-state index contributed by atoms with van der Waals surface area (Å²) in [5.74, 6) is 1.84. The molecule has 4 rings (SSSR count). The van der Waals surface area contributed by atoms with Crippen molar-refractivity contribution in [3.63, 3.8) is 0 Å². The summed E-state index contributed by atoms with van der Waals surface area (Å²) in [5.41, 5.74) is 2.77. The molecule has 9 heteroatoms. The van der Waals surface area contributed by atoms with Crippen LogP contribution >= 0.6 is 0 Å². The minimum atomic E-state index is -0.275. The van der Waals surface area contributed by atoms with Crippen molar-refractivity contribution in [3.05, 3.63) is 47.8 Å². The van der Waals surface area contributed by atoms with Gasteiger partial charge < -0.3 is 29.6 Å². The van der Waals surface area contributed by atoms with Gasteiger partial charge in [0, 0.05) is 37.5 Å². The maximum atomic E-state index is 12.6. The lowest BCUT2D eigenvalue weighted by molar-refractivity contribution is 0.0943. The molecule has 0 atom stereocenters. The first kappa shape index (κ1) is 20.5. The van der Waals surface area contributed by atoms with Crippen LogP contribution in [0.1, 0.15) is 30.0 Å². The predicted octanol–water partition coefficient (Wildman–Crippen LogP) is 3.10. The molecule has 1 aromatic heterocycles. The normalized spacial score (nSPS) is 12.3. The second-order valence-corrected chi connectivity index (χ2v) is 7.77. The van der Waals surface area contributed by atoms with E-state index < -0.39 is 0 Å². The topological polar surface area (TPSA) is 97.7 Å². The van der Waals surface area contributed by atoms with Gasteiger partial charge in [0.2, 0.25) is 6.79 Å². The van der Waals surface area contributed by atoms with Crippen LogP contribution in [-0.2, 0) is 13.6 Å². The molecule has 0 saturated heterocycles. The zero-order valence-electron chi connectivity index (χ0n) is 17.9. The van der Waals surface area contributed by atoms with Crippen molar-refractivity contribution in [2.24, 2.45) is 7.05 Å². The Morgan fingerprint density at radius 3 is 2.71 bits per heavy atom. The van der Waals surface area contributed by atoms with Crippen LogP contribution in [0.4, 0.5) is 10.5 Å². The fourth-order valence-electron chi connectivity index (χ4n) is 3.36. The Morgan fingerprint density at radius 1 is 1.16 bits per heavy atom. The molecule has 0 fully saturated rings. The molecular weight excluding hydrogens is 398 g/mol. The number of benzene rings is 2. The van der Waals surface area contributed by atoms with E-state index in [0.29, 0.717) is 40.6 Å². The third-order valence-corrected chi connectivity index (χ3v) is 5.00. The number of aromatic nitrogens is 2. The van der Waals surface area contributed by atoms with Crippen LogP contribution in [0, 0.1) is 0 Å². The molecule has 0 unspecified atom stereocenters. The fraction of sp³-hybridized carbons (Fsp3) is 0.318. The lowest BCUT2D eigenvalue weighted by atomic mass is 10.2. The number of fused-ring (bicyclic) bond motifs is 2. The first-order chi connectivity index (χ1) is 14.8. The number of ether oxygens (including phenoxy) is 2. The van der Waals surface area contributed by atoms with Crippen LogP contribution in [0.3, 0.4) is 0 Å². The van der Waals surface area contributed by atoms with Crippen molar-refractivity contribution in [3.8, 4) is 11.5 Å². The summed E-state index contributed by atoms with van der Waals surface area (Å²) in [6, 6.07) is 10.4. The molecule has 0 saturated carbocycles. The lowest BCUT2D eigenvalue weighted by Crippen LogP contribution is -2.31. The monoisotopic (exact) mass is 423 g/mol. The number of nitrogens with zero attached hydrogens (tertiary/aromatic N) is 3. The number of nitrogens with one attached hydrogen (secondary N) is 2. The summed E-state index contributed by atoms with van der Waals surface area (Å²) in [4.78, 5) is 31.1. The van der Waals surface area contributed by atoms with Crippen molar-refractivity contribution in [1.29, 1.82) is 0 Å². The fourth-order valence-corrected chi connectivity index (χ4v) is 3.36. The standard InChI is InChI=1S/C22H25N5O4/c1-13(2)23-21(28)14-5-7-17-16(9-14)25-20(27(17)4)11-26(3)22(29)24-15-6-8-18-19(10-15)31-12-30-18/h5-10,13H,11-12H2,1-4H3,(H,23,28)(H,24,29). The molecular formula is C22H25N5O4. The van der Waals surface area contributed by atoms with Crippen molar-refractivity contribution >= 4 is 28.7 Å². The largest absolute Gasteiger partial charge is 0.454 e. The van der Waals surface area contributed by atoms with Crippen molar-refractivity contribution in [1.82, 2.24) is 19.8 Å². The Hall–Kier alpha value is -3.75. The second-order valence-electron chi connectivity index (χ2n) is 7.77. The van der Waals surface area contributed by atoms with E-state index in [4.69, 9.17) is 9.47 Å². The van der Waals surface area contributed by atoms with E-state index >= 15 is 0 Å². The van der Waals surface area contributed by atoms with Crippen LogP contribution in [0.2, 0.25) is 0 Å². The number of hydrogen-bond acceptors (Lipinski definition) is 5. The van der Waals surface area contributed by atoms with E-state index in [-0.39, 0.29) is 24.8 Å². The molecule has 1 aliphatic heterocycles. The highest BCUT2D eigenvalue weighted by atomic mass is 16.7. The van der Waals surface area contributed by atoms with Gasteiger partial charge in [0.1, 0.15) is 5.82 Å². The van der Waals surface area contributed by atoms with Gasteiger partial charge in [-0.25, -0.2) is 9.78 Å². The van der Waals surface area contributed by atoms with Crippen LogP contribution in [-0.4, -0.2) is 46.3 Å². The van der Waals surface area contributed by atoms with Crippen LogP contribution in [0.5, 0.6) is 11.5 Å². The van der Waals surface area contributed by atoms with Crippen LogP contribution < -0.4 is 20.1 Å². The maximum absolute atomic E-state index is 12.6. The SMILES string of the molecule is CC(C)NC(=O)c1ccc2c(c1)nc(CN(C)C(=O)Nc1ccc3c(c1)OCO3)n2C. The molecule has 31 heavy (non-hydrogen) atoms. The van der Waals surface area contributed by atoms with Gasteiger partial charge in [-0.05, 0) is 44.2 Å². The summed E-state index contributed by atoms with van der Waals surface area (Å²) in [7, 11) is 3.59. The number of hydrogen-bond donors (Lipinski definition) is 2. The minimum Gasteiger partial charge on any atom is -0.454 e. The zero-order chi connectivity index (χ0) is 22.1. The predicted molar refractivity (Wildman–Crippen MR) is 116 cm³/mol. The molecule has 1 aliphatic rings. The number of amides is 3. The highest BCUT2D eigenvalue weighted by molar-refractivity contribution is 5.97. The third kappa shape index (κ3) is 4.25. The average Bonchev–Trinajstić information content (AvgIpc) is 3.31. The lowest BCUT2D eigenvalue weighted by Gasteiger charge is -2.18. The molecule has 0 bridgehead atoms. The third-order valence-electron chi connectivity index (χ3n) is 5.00. The van der Waals surface area contributed by atoms with Gasteiger partial charge in [0.05, 0.1) is 17.6 Å². The number of carbonyl (C=O) groups is 2. The molecule has 0 radical (unpaired) electrons. The Kier molecular flexibility index (Phi) is 5.41. The van der Waals surface area contributed by atoms with Gasteiger partial charge in [-0.1, -0.05) is 0 Å². The molecule has 3 aromatic rings. The second kappa shape index (κ2) is 8.17. The maximum Gasteiger partial charge on any atom is 0.321 e. The highest BCUT2D eigenvalue weighted by Gasteiger charge is 2.18. The quantitative estimate of drug-likeness (QED) is 0.657. The minimum absolute atomic E-state index is 0.0550. The Morgan fingerprint density at radius 2 is 1.94 bits per heavy atom. The summed E-state index contributed by atoms with van der Waals surface area (Å²) in [6.45, 7) is 4.31.